The van der Waals surface area contributed by atoms with Gasteiger partial charge in [0.1, 0.15) is 10.3 Å². The maximum atomic E-state index is 11.9. The van der Waals surface area contributed by atoms with Crippen molar-refractivity contribution in [3.63, 3.8) is 0 Å². The molecular weight excluding hydrogens is 212 g/mol. The van der Waals surface area contributed by atoms with Crippen LogP contribution >= 0.6 is 11.8 Å². The number of fused-ring (bicyclic) bond motifs is 1. The standard InChI is InChI=1S/C10H16N2O2S/c1-7-11-12-6-5-9(2,8(13)14-4)10(12,3)15-7/h5-6H2,1-4H3/t9-,10-/m0/s1. The summed E-state index contributed by atoms with van der Waals surface area (Å²) in [5.41, 5.74) is -0.465. The average molecular weight is 228 g/mol. The number of hydrogen-bond donors (Lipinski definition) is 0. The van der Waals surface area contributed by atoms with E-state index in [-0.39, 0.29) is 10.8 Å². The number of methoxy groups -OCH3 is 1. The molecule has 0 amide bonds. The van der Waals surface area contributed by atoms with Crippen LogP contribution in [0.2, 0.25) is 0 Å². The molecule has 84 valence electrons. The summed E-state index contributed by atoms with van der Waals surface area (Å²) in [5, 5.41) is 7.48. The molecule has 0 aromatic carbocycles. The maximum Gasteiger partial charge on any atom is 0.314 e. The highest BCUT2D eigenvalue weighted by molar-refractivity contribution is 8.15. The molecule has 15 heavy (non-hydrogen) atoms. The normalized spacial score (nSPS) is 38.9. The Balaban J connectivity index is 2.35. The zero-order valence-corrected chi connectivity index (χ0v) is 10.3. The van der Waals surface area contributed by atoms with Gasteiger partial charge in [0.05, 0.1) is 12.2 Å². The minimum Gasteiger partial charge on any atom is -0.469 e. The van der Waals surface area contributed by atoms with Gasteiger partial charge in [0, 0.05) is 6.54 Å². The molecule has 2 rings (SSSR count). The first-order chi connectivity index (χ1) is 6.94. The number of nitrogens with zero attached hydrogens (tertiary/aromatic N) is 2. The Bertz CT molecular complexity index is 344. The molecule has 1 fully saturated rings. The molecule has 0 spiro atoms. The van der Waals surface area contributed by atoms with Crippen molar-refractivity contribution in [3.8, 4) is 0 Å². The Morgan fingerprint density at radius 1 is 1.60 bits per heavy atom. The summed E-state index contributed by atoms with van der Waals surface area (Å²) < 4.78 is 4.92. The van der Waals surface area contributed by atoms with Crippen LogP contribution in [0.3, 0.4) is 0 Å². The highest BCUT2D eigenvalue weighted by Gasteiger charge is 2.61. The van der Waals surface area contributed by atoms with Gasteiger partial charge < -0.3 is 4.74 Å². The van der Waals surface area contributed by atoms with Gasteiger partial charge in [-0.3, -0.25) is 9.80 Å². The second-order valence-corrected chi connectivity index (χ2v) is 5.99. The third kappa shape index (κ3) is 1.22. The highest BCUT2D eigenvalue weighted by atomic mass is 32.2. The number of hydrazone groups is 1. The largest absolute Gasteiger partial charge is 0.469 e. The molecule has 2 atom stereocenters. The number of ether oxygens (including phenoxy) is 1. The summed E-state index contributed by atoms with van der Waals surface area (Å²) in [4.78, 5) is 11.6. The second kappa shape index (κ2) is 3.14. The summed E-state index contributed by atoms with van der Waals surface area (Å²) in [6.45, 7) is 6.85. The molecule has 0 bridgehead atoms. The Morgan fingerprint density at radius 3 is 2.87 bits per heavy atom. The summed E-state index contributed by atoms with van der Waals surface area (Å²) >= 11 is 1.66. The number of esters is 1. The number of rotatable bonds is 1. The van der Waals surface area contributed by atoms with Crippen molar-refractivity contribution < 1.29 is 9.53 Å². The van der Waals surface area contributed by atoms with E-state index in [1.165, 1.54) is 7.11 Å². The number of thioether (sulfide) groups is 1. The van der Waals surface area contributed by atoms with Gasteiger partial charge in [-0.05, 0) is 27.2 Å². The van der Waals surface area contributed by atoms with Gasteiger partial charge in [0.25, 0.3) is 0 Å². The average Bonchev–Trinajstić information content (AvgIpc) is 2.60. The molecule has 2 aliphatic heterocycles. The van der Waals surface area contributed by atoms with Crippen molar-refractivity contribution in [2.24, 2.45) is 10.5 Å². The van der Waals surface area contributed by atoms with Crippen molar-refractivity contribution in [3.05, 3.63) is 0 Å². The topological polar surface area (TPSA) is 41.9 Å². The van der Waals surface area contributed by atoms with Gasteiger partial charge in [-0.25, -0.2) is 0 Å². The highest BCUT2D eigenvalue weighted by Crippen LogP contribution is 2.56. The van der Waals surface area contributed by atoms with E-state index in [1.54, 1.807) is 11.8 Å². The van der Waals surface area contributed by atoms with Crippen LogP contribution in [-0.4, -0.2) is 34.5 Å². The Hall–Kier alpha value is -0.710. The van der Waals surface area contributed by atoms with Crippen molar-refractivity contribution in [1.82, 2.24) is 5.01 Å². The minimum atomic E-state index is -0.465. The maximum absolute atomic E-state index is 11.9. The van der Waals surface area contributed by atoms with Crippen LogP contribution in [0.5, 0.6) is 0 Å². The molecule has 0 saturated carbocycles. The first kappa shape index (κ1) is 10.8. The lowest BCUT2D eigenvalue weighted by atomic mass is 9.83. The van der Waals surface area contributed by atoms with Gasteiger partial charge in [-0.2, -0.15) is 5.10 Å². The number of carbonyl (C=O) groups excluding carboxylic acids is 1. The molecule has 2 heterocycles. The van der Waals surface area contributed by atoms with Crippen LogP contribution < -0.4 is 0 Å². The first-order valence-corrected chi connectivity index (χ1v) is 5.86. The van der Waals surface area contributed by atoms with Crippen LogP contribution in [-0.2, 0) is 9.53 Å². The Labute approximate surface area is 94.0 Å². The summed E-state index contributed by atoms with van der Waals surface area (Å²) in [5.74, 6) is -0.134. The van der Waals surface area contributed by atoms with Crippen molar-refractivity contribution in [2.45, 2.75) is 32.1 Å². The molecular formula is C10H16N2O2S. The lowest BCUT2D eigenvalue weighted by Gasteiger charge is -2.37. The van der Waals surface area contributed by atoms with Crippen LogP contribution in [0.1, 0.15) is 27.2 Å². The van der Waals surface area contributed by atoms with Crippen LogP contribution in [0.15, 0.2) is 5.10 Å². The molecule has 2 aliphatic rings. The fraction of sp³-hybridized carbons (Fsp3) is 0.800. The number of carbonyl (C=O) groups is 1. The monoisotopic (exact) mass is 228 g/mol. The predicted molar refractivity (Wildman–Crippen MR) is 60.6 cm³/mol. The van der Waals surface area contributed by atoms with E-state index in [4.69, 9.17) is 4.74 Å². The van der Waals surface area contributed by atoms with Gasteiger partial charge in [0.15, 0.2) is 0 Å². The minimum absolute atomic E-state index is 0.134. The lowest BCUT2D eigenvalue weighted by Crippen LogP contribution is -2.48. The molecule has 1 saturated heterocycles. The third-order valence-corrected chi connectivity index (χ3v) is 5.02. The Morgan fingerprint density at radius 2 is 2.27 bits per heavy atom. The zero-order valence-electron chi connectivity index (χ0n) is 9.53. The predicted octanol–water partition coefficient (Wildman–Crippen LogP) is 1.67. The summed E-state index contributed by atoms with van der Waals surface area (Å²) in [6.07, 6.45) is 0.806. The van der Waals surface area contributed by atoms with Gasteiger partial charge in [-0.1, -0.05) is 11.8 Å². The third-order valence-electron chi connectivity index (χ3n) is 3.58. The lowest BCUT2D eigenvalue weighted by molar-refractivity contribution is -0.153. The molecule has 5 heteroatoms. The van der Waals surface area contributed by atoms with E-state index in [9.17, 15) is 4.79 Å². The van der Waals surface area contributed by atoms with Crippen molar-refractivity contribution >= 4 is 22.8 Å². The molecule has 0 unspecified atom stereocenters. The molecule has 0 radical (unpaired) electrons. The fourth-order valence-corrected chi connectivity index (χ4v) is 3.73. The van der Waals surface area contributed by atoms with E-state index in [0.717, 1.165) is 18.0 Å². The second-order valence-electron chi connectivity index (χ2n) is 4.40. The van der Waals surface area contributed by atoms with E-state index < -0.39 is 5.41 Å². The smallest absolute Gasteiger partial charge is 0.314 e. The van der Waals surface area contributed by atoms with E-state index >= 15 is 0 Å². The fourth-order valence-electron chi connectivity index (χ4n) is 2.37. The van der Waals surface area contributed by atoms with Gasteiger partial charge >= 0.3 is 5.97 Å². The van der Waals surface area contributed by atoms with Crippen molar-refractivity contribution in [2.75, 3.05) is 13.7 Å². The van der Waals surface area contributed by atoms with E-state index in [2.05, 4.69) is 12.0 Å². The Kier molecular flexibility index (Phi) is 2.26. The quantitative estimate of drug-likeness (QED) is 0.640. The first-order valence-electron chi connectivity index (χ1n) is 5.04. The molecule has 0 aromatic rings. The number of hydrogen-bond acceptors (Lipinski definition) is 5. The SMILES string of the molecule is COC(=O)[C@]1(C)CCN2N=C(C)S[C@]21C. The molecule has 0 aliphatic carbocycles. The molecule has 4 nitrogen and oxygen atoms in total. The van der Waals surface area contributed by atoms with Crippen LogP contribution in [0, 0.1) is 5.41 Å². The zero-order chi connectivity index (χ0) is 11.3. The van der Waals surface area contributed by atoms with Crippen LogP contribution in [0.25, 0.3) is 0 Å². The molecule has 0 N–H and O–H groups in total. The van der Waals surface area contributed by atoms with E-state index in [1.807, 2.05) is 18.9 Å². The summed E-state index contributed by atoms with van der Waals surface area (Å²) in [6, 6.07) is 0. The van der Waals surface area contributed by atoms with E-state index in [0.29, 0.717) is 0 Å². The van der Waals surface area contributed by atoms with Gasteiger partial charge in [-0.15, -0.1) is 0 Å². The van der Waals surface area contributed by atoms with Crippen LogP contribution in [0.4, 0.5) is 0 Å². The van der Waals surface area contributed by atoms with Crippen molar-refractivity contribution in [1.29, 1.82) is 0 Å². The molecule has 0 aromatic heterocycles. The van der Waals surface area contributed by atoms with Gasteiger partial charge in [0.2, 0.25) is 0 Å². The summed E-state index contributed by atoms with van der Waals surface area (Å²) in [7, 11) is 1.45.